The van der Waals surface area contributed by atoms with Crippen LogP contribution >= 0.6 is 11.6 Å². The van der Waals surface area contributed by atoms with Gasteiger partial charge in [0.2, 0.25) is 6.79 Å². The average Bonchev–Trinajstić information content (AvgIpc) is 3.17. The number of aryl methyl sites for hydroxylation is 1. The summed E-state index contributed by atoms with van der Waals surface area (Å²) in [5.74, 6) is 1.71. The van der Waals surface area contributed by atoms with E-state index in [0.717, 1.165) is 22.6 Å². The Morgan fingerprint density at radius 3 is 2.71 bits per heavy atom. The Morgan fingerprint density at radius 2 is 1.93 bits per heavy atom. The first-order valence-electron chi connectivity index (χ1n) is 8.62. The molecular formula is C20H17ClN4O3. The highest BCUT2D eigenvalue weighted by molar-refractivity contribution is 6.30. The van der Waals surface area contributed by atoms with Crippen LogP contribution in [0.25, 0.3) is 0 Å². The number of nitrogens with zero attached hydrogens (tertiary/aromatic N) is 2. The molecule has 8 heteroatoms. The van der Waals surface area contributed by atoms with Crippen molar-refractivity contribution in [2.45, 2.75) is 13.5 Å². The molecule has 7 nitrogen and oxygen atoms in total. The maximum absolute atomic E-state index is 12.4. The molecule has 0 atom stereocenters. The van der Waals surface area contributed by atoms with Crippen molar-refractivity contribution in [3.05, 3.63) is 70.4 Å². The summed E-state index contributed by atoms with van der Waals surface area (Å²) in [5.41, 5.74) is 2.80. The van der Waals surface area contributed by atoms with Crippen LogP contribution in [0.2, 0.25) is 5.02 Å². The zero-order valence-electron chi connectivity index (χ0n) is 15.0. The lowest BCUT2D eigenvalue weighted by Gasteiger charge is -2.09. The van der Waals surface area contributed by atoms with Gasteiger partial charge in [0, 0.05) is 17.3 Å². The number of hydrogen-bond donors (Lipinski definition) is 2. The normalized spacial score (nSPS) is 11.9. The summed E-state index contributed by atoms with van der Waals surface area (Å²) in [7, 11) is 0. The number of carbonyl (C=O) groups is 1. The van der Waals surface area contributed by atoms with Crippen LogP contribution in [0, 0.1) is 6.92 Å². The van der Waals surface area contributed by atoms with Crippen molar-refractivity contribution >= 4 is 29.0 Å². The molecule has 1 aliphatic rings. The van der Waals surface area contributed by atoms with E-state index in [-0.39, 0.29) is 18.4 Å². The molecule has 1 aromatic heterocycles. The van der Waals surface area contributed by atoms with E-state index in [1.165, 1.54) is 0 Å². The zero-order valence-corrected chi connectivity index (χ0v) is 15.8. The third kappa shape index (κ3) is 3.99. The Balaban J connectivity index is 1.37. The molecule has 0 radical (unpaired) electrons. The second kappa shape index (κ2) is 7.74. The molecule has 3 aromatic rings. The van der Waals surface area contributed by atoms with Gasteiger partial charge in [-0.15, -0.1) is 10.2 Å². The van der Waals surface area contributed by atoms with Gasteiger partial charge in [0.15, 0.2) is 17.2 Å². The SMILES string of the molecule is Cc1cc(Cl)ccc1NC(=O)c1ccc(NCc2ccc3c(c2)OCO3)nn1. The van der Waals surface area contributed by atoms with E-state index in [1.807, 2.05) is 25.1 Å². The van der Waals surface area contributed by atoms with E-state index in [0.29, 0.717) is 23.1 Å². The summed E-state index contributed by atoms with van der Waals surface area (Å²) in [4.78, 5) is 12.4. The first kappa shape index (κ1) is 18.1. The first-order chi connectivity index (χ1) is 13.6. The molecule has 2 N–H and O–H groups in total. The van der Waals surface area contributed by atoms with Crippen LogP contribution in [-0.4, -0.2) is 22.9 Å². The minimum atomic E-state index is -0.333. The predicted molar refractivity (Wildman–Crippen MR) is 106 cm³/mol. The summed E-state index contributed by atoms with van der Waals surface area (Å²) < 4.78 is 10.7. The Hall–Kier alpha value is -3.32. The highest BCUT2D eigenvalue weighted by Gasteiger charge is 2.13. The zero-order chi connectivity index (χ0) is 19.5. The number of ether oxygens (including phenoxy) is 2. The first-order valence-corrected chi connectivity index (χ1v) is 9.00. The Kier molecular flexibility index (Phi) is 4.99. The van der Waals surface area contributed by atoms with Crippen LogP contribution in [0.1, 0.15) is 21.6 Å². The lowest BCUT2D eigenvalue weighted by Crippen LogP contribution is -2.15. The van der Waals surface area contributed by atoms with Crippen LogP contribution in [0.5, 0.6) is 11.5 Å². The molecule has 1 amide bonds. The molecule has 0 bridgehead atoms. The quantitative estimate of drug-likeness (QED) is 0.677. The molecule has 0 saturated carbocycles. The van der Waals surface area contributed by atoms with Crippen molar-refractivity contribution in [1.29, 1.82) is 0 Å². The minimum absolute atomic E-state index is 0.225. The van der Waals surface area contributed by atoms with Crippen molar-refractivity contribution < 1.29 is 14.3 Å². The molecule has 2 aromatic carbocycles. The summed E-state index contributed by atoms with van der Waals surface area (Å²) in [6, 6.07) is 14.3. The van der Waals surface area contributed by atoms with Gasteiger partial charge in [-0.1, -0.05) is 17.7 Å². The van der Waals surface area contributed by atoms with E-state index in [9.17, 15) is 4.79 Å². The third-order valence-electron chi connectivity index (χ3n) is 4.24. The van der Waals surface area contributed by atoms with Crippen LogP contribution in [0.4, 0.5) is 11.5 Å². The number of nitrogens with one attached hydrogen (secondary N) is 2. The van der Waals surface area contributed by atoms with E-state index < -0.39 is 0 Å². The van der Waals surface area contributed by atoms with Gasteiger partial charge in [0.25, 0.3) is 5.91 Å². The number of anilines is 2. The fraction of sp³-hybridized carbons (Fsp3) is 0.150. The number of rotatable bonds is 5. The molecule has 28 heavy (non-hydrogen) atoms. The van der Waals surface area contributed by atoms with E-state index in [4.69, 9.17) is 21.1 Å². The Morgan fingerprint density at radius 1 is 1.07 bits per heavy atom. The van der Waals surface area contributed by atoms with E-state index in [1.54, 1.807) is 30.3 Å². The predicted octanol–water partition coefficient (Wildman–Crippen LogP) is 4.03. The average molecular weight is 397 g/mol. The standard InChI is InChI=1S/C20H17ClN4O3/c1-12-8-14(21)3-4-15(12)23-20(26)16-5-7-19(25-24-16)22-10-13-2-6-17-18(9-13)28-11-27-17/h2-9H,10-11H2,1H3,(H,22,25)(H,23,26). The number of hydrogen-bond acceptors (Lipinski definition) is 6. The van der Waals surface area contributed by atoms with Gasteiger partial charge < -0.3 is 20.1 Å². The number of carbonyl (C=O) groups excluding carboxylic acids is 1. The molecule has 0 unspecified atom stereocenters. The number of aromatic nitrogens is 2. The fourth-order valence-corrected chi connectivity index (χ4v) is 2.97. The molecule has 1 aliphatic heterocycles. The fourth-order valence-electron chi connectivity index (χ4n) is 2.74. The molecule has 0 saturated heterocycles. The van der Waals surface area contributed by atoms with Gasteiger partial charge in [-0.2, -0.15) is 0 Å². The summed E-state index contributed by atoms with van der Waals surface area (Å²) in [6.07, 6.45) is 0. The highest BCUT2D eigenvalue weighted by Crippen LogP contribution is 2.32. The van der Waals surface area contributed by atoms with Gasteiger partial charge in [0.05, 0.1) is 0 Å². The topological polar surface area (TPSA) is 85.4 Å². The maximum atomic E-state index is 12.4. The molecule has 4 rings (SSSR count). The van der Waals surface area contributed by atoms with Crippen molar-refractivity contribution in [2.75, 3.05) is 17.4 Å². The summed E-state index contributed by atoms with van der Waals surface area (Å²) >= 11 is 5.93. The number of amides is 1. The van der Waals surface area contributed by atoms with Crippen LogP contribution < -0.4 is 20.1 Å². The van der Waals surface area contributed by atoms with Gasteiger partial charge in [0.1, 0.15) is 5.82 Å². The second-order valence-electron chi connectivity index (χ2n) is 6.26. The summed E-state index contributed by atoms with van der Waals surface area (Å²) in [6.45, 7) is 2.66. The van der Waals surface area contributed by atoms with Crippen molar-refractivity contribution in [1.82, 2.24) is 10.2 Å². The molecular weight excluding hydrogens is 380 g/mol. The van der Waals surface area contributed by atoms with Crippen molar-refractivity contribution in [3.8, 4) is 11.5 Å². The van der Waals surface area contributed by atoms with Crippen LogP contribution in [0.3, 0.4) is 0 Å². The molecule has 0 aliphatic carbocycles. The number of fused-ring (bicyclic) bond motifs is 1. The van der Waals surface area contributed by atoms with E-state index in [2.05, 4.69) is 20.8 Å². The second-order valence-corrected chi connectivity index (χ2v) is 6.69. The largest absolute Gasteiger partial charge is 0.454 e. The smallest absolute Gasteiger partial charge is 0.276 e. The minimum Gasteiger partial charge on any atom is -0.454 e. The lowest BCUT2D eigenvalue weighted by atomic mass is 10.2. The van der Waals surface area contributed by atoms with Crippen molar-refractivity contribution in [3.63, 3.8) is 0 Å². The van der Waals surface area contributed by atoms with Gasteiger partial charge in [-0.3, -0.25) is 4.79 Å². The van der Waals surface area contributed by atoms with Gasteiger partial charge in [-0.25, -0.2) is 0 Å². The lowest BCUT2D eigenvalue weighted by molar-refractivity contribution is 0.102. The molecule has 0 fully saturated rings. The van der Waals surface area contributed by atoms with Crippen LogP contribution in [0.15, 0.2) is 48.5 Å². The van der Waals surface area contributed by atoms with Crippen molar-refractivity contribution in [2.24, 2.45) is 0 Å². The molecule has 142 valence electrons. The van der Waals surface area contributed by atoms with Gasteiger partial charge >= 0.3 is 0 Å². The summed E-state index contributed by atoms with van der Waals surface area (Å²) in [5, 5.41) is 14.7. The van der Waals surface area contributed by atoms with E-state index >= 15 is 0 Å². The third-order valence-corrected chi connectivity index (χ3v) is 4.48. The number of benzene rings is 2. The molecule has 0 spiro atoms. The maximum Gasteiger partial charge on any atom is 0.276 e. The molecule has 2 heterocycles. The Labute approximate surface area is 166 Å². The van der Waals surface area contributed by atoms with Gasteiger partial charge in [-0.05, 0) is 60.5 Å². The monoisotopic (exact) mass is 396 g/mol. The highest BCUT2D eigenvalue weighted by atomic mass is 35.5. The van der Waals surface area contributed by atoms with Crippen LogP contribution in [-0.2, 0) is 6.54 Å². The Bertz CT molecular complexity index is 1020. The number of halogens is 1.